The SMILES string of the molecule is O=C1[C@@H](c2ccc(Cl)cc2)N(CCC2=CCCCC2)C(=O)CN1C1CCCCCC1. The number of carbonyl (C=O) groups is 2. The van der Waals surface area contributed by atoms with E-state index in [0.29, 0.717) is 11.6 Å². The van der Waals surface area contributed by atoms with E-state index < -0.39 is 6.04 Å². The van der Waals surface area contributed by atoms with E-state index in [-0.39, 0.29) is 24.4 Å². The highest BCUT2D eigenvalue weighted by Gasteiger charge is 2.42. The van der Waals surface area contributed by atoms with Gasteiger partial charge in [0.1, 0.15) is 12.6 Å². The summed E-state index contributed by atoms with van der Waals surface area (Å²) < 4.78 is 0. The van der Waals surface area contributed by atoms with Gasteiger partial charge in [-0.05, 0) is 62.6 Å². The molecule has 4 nitrogen and oxygen atoms in total. The van der Waals surface area contributed by atoms with Crippen molar-refractivity contribution < 1.29 is 9.59 Å². The van der Waals surface area contributed by atoms with Crippen LogP contribution in [0.25, 0.3) is 0 Å². The van der Waals surface area contributed by atoms with E-state index in [1.807, 2.05) is 34.1 Å². The van der Waals surface area contributed by atoms with Gasteiger partial charge < -0.3 is 9.80 Å². The summed E-state index contributed by atoms with van der Waals surface area (Å²) in [5.41, 5.74) is 2.30. The van der Waals surface area contributed by atoms with E-state index in [9.17, 15) is 9.59 Å². The minimum atomic E-state index is -0.532. The van der Waals surface area contributed by atoms with Crippen LogP contribution in [0.3, 0.4) is 0 Å². The number of halogens is 1. The molecule has 0 bridgehead atoms. The average Bonchev–Trinajstić information content (AvgIpc) is 3.05. The van der Waals surface area contributed by atoms with E-state index in [4.69, 9.17) is 11.6 Å². The Morgan fingerprint density at radius 2 is 1.67 bits per heavy atom. The predicted octanol–water partition coefficient (Wildman–Crippen LogP) is 5.67. The van der Waals surface area contributed by atoms with Gasteiger partial charge in [-0.15, -0.1) is 0 Å². The number of hydrogen-bond acceptors (Lipinski definition) is 2. The summed E-state index contributed by atoms with van der Waals surface area (Å²) in [4.78, 5) is 30.7. The van der Waals surface area contributed by atoms with E-state index in [1.54, 1.807) is 0 Å². The van der Waals surface area contributed by atoms with Crippen LogP contribution in [-0.4, -0.2) is 40.7 Å². The first-order valence-electron chi connectivity index (χ1n) is 11.7. The lowest BCUT2D eigenvalue weighted by Crippen LogP contribution is -2.58. The molecule has 1 saturated heterocycles. The lowest BCUT2D eigenvalue weighted by atomic mass is 9.94. The second-order valence-electron chi connectivity index (χ2n) is 9.01. The fourth-order valence-electron chi connectivity index (χ4n) is 5.24. The molecule has 30 heavy (non-hydrogen) atoms. The molecular weight excluding hydrogens is 396 g/mol. The molecule has 0 radical (unpaired) electrons. The molecule has 4 rings (SSSR count). The van der Waals surface area contributed by atoms with E-state index in [0.717, 1.165) is 50.5 Å². The van der Waals surface area contributed by atoms with Crippen molar-refractivity contribution in [2.75, 3.05) is 13.1 Å². The van der Waals surface area contributed by atoms with Crippen LogP contribution in [0.4, 0.5) is 0 Å². The van der Waals surface area contributed by atoms with Crippen LogP contribution < -0.4 is 0 Å². The molecule has 2 aliphatic carbocycles. The van der Waals surface area contributed by atoms with E-state index >= 15 is 0 Å². The van der Waals surface area contributed by atoms with Crippen molar-refractivity contribution in [3.05, 3.63) is 46.5 Å². The topological polar surface area (TPSA) is 40.6 Å². The maximum atomic E-state index is 13.7. The Morgan fingerprint density at radius 3 is 2.33 bits per heavy atom. The Balaban J connectivity index is 1.58. The molecule has 3 aliphatic rings. The number of nitrogens with zero attached hydrogens (tertiary/aromatic N) is 2. The highest BCUT2D eigenvalue weighted by atomic mass is 35.5. The first-order valence-corrected chi connectivity index (χ1v) is 12.0. The fourth-order valence-corrected chi connectivity index (χ4v) is 5.37. The van der Waals surface area contributed by atoms with Gasteiger partial charge in [0.25, 0.3) is 5.91 Å². The maximum Gasteiger partial charge on any atom is 0.250 e. The number of rotatable bonds is 5. The number of hydrogen-bond donors (Lipinski definition) is 0. The Kier molecular flexibility index (Phi) is 7.14. The number of allylic oxidation sites excluding steroid dienone is 1. The summed E-state index contributed by atoms with van der Waals surface area (Å²) in [6.45, 7) is 0.842. The molecule has 1 atom stereocenters. The molecule has 2 amide bonds. The molecule has 5 heteroatoms. The standard InChI is InChI=1S/C25H33ClN2O2/c26-21-14-12-20(13-15-21)24-25(30)28(22-10-6-1-2-7-11-22)18-23(29)27(24)17-16-19-8-4-3-5-9-19/h8,12-15,22,24H,1-7,9-11,16-18H2/t24-/m1/s1. The summed E-state index contributed by atoms with van der Waals surface area (Å²) in [6, 6.07) is 7.11. The number of piperazine rings is 1. The van der Waals surface area contributed by atoms with Crippen LogP contribution in [-0.2, 0) is 9.59 Å². The lowest BCUT2D eigenvalue weighted by Gasteiger charge is -2.43. The van der Waals surface area contributed by atoms with Crippen molar-refractivity contribution in [2.24, 2.45) is 0 Å². The van der Waals surface area contributed by atoms with Crippen molar-refractivity contribution in [2.45, 2.75) is 82.7 Å². The third kappa shape index (κ3) is 4.91. The minimum absolute atomic E-state index is 0.0789. The highest BCUT2D eigenvalue weighted by Crippen LogP contribution is 2.33. The number of benzene rings is 1. The lowest BCUT2D eigenvalue weighted by molar-refractivity contribution is -0.158. The first kappa shape index (κ1) is 21.4. The predicted molar refractivity (Wildman–Crippen MR) is 120 cm³/mol. The molecule has 0 unspecified atom stereocenters. The molecule has 162 valence electrons. The van der Waals surface area contributed by atoms with Gasteiger partial charge in [-0.2, -0.15) is 0 Å². The van der Waals surface area contributed by atoms with Gasteiger partial charge in [-0.3, -0.25) is 9.59 Å². The quantitative estimate of drug-likeness (QED) is 0.448. The number of carbonyl (C=O) groups excluding carboxylic acids is 2. The monoisotopic (exact) mass is 428 g/mol. The Labute approximate surface area is 185 Å². The molecule has 1 aromatic rings. The van der Waals surface area contributed by atoms with Crippen molar-refractivity contribution in [1.29, 1.82) is 0 Å². The number of amides is 2. The van der Waals surface area contributed by atoms with Crippen molar-refractivity contribution in [1.82, 2.24) is 9.80 Å². The third-order valence-electron chi connectivity index (χ3n) is 6.96. The van der Waals surface area contributed by atoms with Crippen LogP contribution in [0.15, 0.2) is 35.9 Å². The molecule has 0 aromatic heterocycles. The second kappa shape index (κ2) is 10.00. The van der Waals surface area contributed by atoms with Crippen molar-refractivity contribution >= 4 is 23.4 Å². The zero-order valence-corrected chi connectivity index (χ0v) is 18.6. The molecule has 0 spiro atoms. The van der Waals surface area contributed by atoms with Gasteiger partial charge in [0, 0.05) is 17.6 Å². The summed E-state index contributed by atoms with van der Waals surface area (Å²) in [5, 5.41) is 0.646. The maximum absolute atomic E-state index is 13.7. The van der Waals surface area contributed by atoms with Gasteiger partial charge in [0.15, 0.2) is 0 Å². The van der Waals surface area contributed by atoms with Gasteiger partial charge in [0.05, 0.1) is 0 Å². The third-order valence-corrected chi connectivity index (χ3v) is 7.22. The fraction of sp³-hybridized carbons (Fsp3) is 0.600. The summed E-state index contributed by atoms with van der Waals surface area (Å²) in [5.74, 6) is 0.164. The van der Waals surface area contributed by atoms with Crippen molar-refractivity contribution in [3.63, 3.8) is 0 Å². The van der Waals surface area contributed by atoms with Crippen LogP contribution in [0, 0.1) is 0 Å². The summed E-state index contributed by atoms with van der Waals surface area (Å²) in [7, 11) is 0. The smallest absolute Gasteiger partial charge is 0.250 e. The molecule has 1 aliphatic heterocycles. The van der Waals surface area contributed by atoms with Crippen LogP contribution in [0.1, 0.15) is 82.2 Å². The Hall–Kier alpha value is -1.81. The largest absolute Gasteiger partial charge is 0.328 e. The zero-order chi connectivity index (χ0) is 20.9. The molecule has 2 fully saturated rings. The molecule has 0 N–H and O–H groups in total. The van der Waals surface area contributed by atoms with Gasteiger partial charge in [0.2, 0.25) is 5.91 Å². The normalized spacial score (nSPS) is 24.0. The molecule has 1 heterocycles. The van der Waals surface area contributed by atoms with Crippen molar-refractivity contribution in [3.8, 4) is 0 Å². The van der Waals surface area contributed by atoms with E-state index in [1.165, 1.54) is 31.3 Å². The molecular formula is C25H33ClN2O2. The average molecular weight is 429 g/mol. The molecule has 1 saturated carbocycles. The Morgan fingerprint density at radius 1 is 0.933 bits per heavy atom. The minimum Gasteiger partial charge on any atom is -0.328 e. The van der Waals surface area contributed by atoms with Crippen LogP contribution in [0.5, 0.6) is 0 Å². The highest BCUT2D eigenvalue weighted by molar-refractivity contribution is 6.30. The van der Waals surface area contributed by atoms with Crippen LogP contribution >= 0.6 is 11.6 Å². The summed E-state index contributed by atoms with van der Waals surface area (Å²) >= 11 is 6.10. The second-order valence-corrected chi connectivity index (χ2v) is 9.45. The first-order chi connectivity index (χ1) is 14.6. The van der Waals surface area contributed by atoms with E-state index in [2.05, 4.69) is 6.08 Å². The summed E-state index contributed by atoms with van der Waals surface area (Å²) in [6.07, 6.45) is 14.7. The molecule has 1 aromatic carbocycles. The van der Waals surface area contributed by atoms with Gasteiger partial charge in [-0.1, -0.05) is 61.1 Å². The zero-order valence-electron chi connectivity index (χ0n) is 17.8. The van der Waals surface area contributed by atoms with Gasteiger partial charge in [-0.25, -0.2) is 0 Å². The van der Waals surface area contributed by atoms with Crippen LogP contribution in [0.2, 0.25) is 5.02 Å². The Bertz CT molecular complexity index is 781. The van der Waals surface area contributed by atoms with Gasteiger partial charge >= 0.3 is 0 Å².